The van der Waals surface area contributed by atoms with E-state index in [2.05, 4.69) is 16.9 Å². The number of thioether (sulfide) groups is 1. The Hall–Kier alpha value is -3.05. The monoisotopic (exact) mass is 460 g/mol. The Morgan fingerprint density at radius 2 is 2.26 bits per heavy atom. The van der Waals surface area contributed by atoms with Crippen molar-refractivity contribution in [2.24, 2.45) is 0 Å². The molecule has 8 nitrogen and oxygen atoms in total. The molecular formula is C20H17FN4O4S2. The largest absolute Gasteiger partial charge is 0.320 e. The summed E-state index contributed by atoms with van der Waals surface area (Å²) in [6, 6.07) is 2.92. The highest BCUT2D eigenvalue weighted by molar-refractivity contribution is 7.99. The number of nitro benzene ring substituents is 1. The lowest BCUT2D eigenvalue weighted by atomic mass is 10.2. The Kier molecular flexibility index (Phi) is 5.88. The van der Waals surface area contributed by atoms with E-state index in [1.165, 1.54) is 20.8 Å². The summed E-state index contributed by atoms with van der Waals surface area (Å²) >= 11 is 2.57. The number of amides is 1. The van der Waals surface area contributed by atoms with E-state index < -0.39 is 22.3 Å². The minimum Gasteiger partial charge on any atom is -0.320 e. The van der Waals surface area contributed by atoms with E-state index in [0.29, 0.717) is 15.4 Å². The number of nitrogens with zero attached hydrogens (tertiary/aromatic N) is 3. The first-order chi connectivity index (χ1) is 14.9. The second-order valence-corrected chi connectivity index (χ2v) is 8.92. The van der Waals surface area contributed by atoms with Gasteiger partial charge in [-0.05, 0) is 37.0 Å². The molecule has 0 atom stereocenters. The molecule has 0 unspecified atom stereocenters. The lowest BCUT2D eigenvalue weighted by Gasteiger charge is -2.11. The number of fused-ring (bicyclic) bond motifs is 3. The van der Waals surface area contributed by atoms with Gasteiger partial charge in [0.05, 0.1) is 22.1 Å². The number of hydrogen-bond acceptors (Lipinski definition) is 7. The minimum absolute atomic E-state index is 0.0985. The van der Waals surface area contributed by atoms with Crippen molar-refractivity contribution in [3.8, 4) is 0 Å². The number of carbonyl (C=O) groups is 1. The van der Waals surface area contributed by atoms with Crippen molar-refractivity contribution in [2.45, 2.75) is 31.0 Å². The standard InChI is InChI=1S/C20H17FN4O4S2/c1-2-8-24-19(27)17-12-4-3-5-15(12)31-18(17)23-20(24)30-10-16(26)22-13-7-6-11(21)9-14(13)25(28)29/h2,6-7,9H,1,3-5,8,10H2,(H,22,26). The fourth-order valence-electron chi connectivity index (χ4n) is 3.54. The lowest BCUT2D eigenvalue weighted by Crippen LogP contribution is -2.24. The number of benzene rings is 1. The summed E-state index contributed by atoms with van der Waals surface area (Å²) in [5.74, 6) is -1.44. The molecule has 3 aromatic rings. The zero-order valence-corrected chi connectivity index (χ0v) is 17.9. The van der Waals surface area contributed by atoms with Crippen molar-refractivity contribution in [1.29, 1.82) is 0 Å². The molecular weight excluding hydrogens is 443 g/mol. The van der Waals surface area contributed by atoms with Crippen LogP contribution in [0.4, 0.5) is 15.8 Å². The molecule has 160 valence electrons. The van der Waals surface area contributed by atoms with Crippen molar-refractivity contribution < 1.29 is 14.1 Å². The van der Waals surface area contributed by atoms with E-state index in [4.69, 9.17) is 0 Å². The third-order valence-electron chi connectivity index (χ3n) is 4.86. The summed E-state index contributed by atoms with van der Waals surface area (Å²) in [6.07, 6.45) is 4.43. The molecule has 2 aromatic heterocycles. The van der Waals surface area contributed by atoms with Gasteiger partial charge in [-0.25, -0.2) is 9.37 Å². The van der Waals surface area contributed by atoms with Crippen LogP contribution in [0, 0.1) is 15.9 Å². The average Bonchev–Trinajstić information content (AvgIpc) is 3.31. The Balaban J connectivity index is 1.58. The molecule has 1 aliphatic carbocycles. The fraction of sp³-hybridized carbons (Fsp3) is 0.250. The second kappa shape index (κ2) is 8.60. The van der Waals surface area contributed by atoms with Crippen LogP contribution in [0.5, 0.6) is 0 Å². The number of allylic oxidation sites excluding steroid dienone is 1. The third kappa shape index (κ3) is 4.10. The van der Waals surface area contributed by atoms with Gasteiger partial charge >= 0.3 is 0 Å². The number of nitro groups is 1. The Morgan fingerprint density at radius 1 is 1.45 bits per heavy atom. The predicted octanol–water partition coefficient (Wildman–Crippen LogP) is 3.91. The molecule has 11 heteroatoms. The maximum absolute atomic E-state index is 13.3. The molecule has 2 heterocycles. The summed E-state index contributed by atoms with van der Waals surface area (Å²) in [4.78, 5) is 42.3. The van der Waals surface area contributed by atoms with Crippen LogP contribution >= 0.6 is 23.1 Å². The summed E-state index contributed by atoms with van der Waals surface area (Å²) < 4.78 is 14.8. The first-order valence-electron chi connectivity index (χ1n) is 9.41. The van der Waals surface area contributed by atoms with E-state index in [-0.39, 0.29) is 23.5 Å². The first-order valence-corrected chi connectivity index (χ1v) is 11.2. The molecule has 0 fully saturated rings. The smallest absolute Gasteiger partial charge is 0.295 e. The van der Waals surface area contributed by atoms with Crippen LogP contribution in [-0.2, 0) is 24.2 Å². The van der Waals surface area contributed by atoms with Gasteiger partial charge in [0.25, 0.3) is 11.2 Å². The molecule has 0 spiro atoms. The van der Waals surface area contributed by atoms with Crippen molar-refractivity contribution in [3.05, 3.63) is 67.6 Å². The first kappa shape index (κ1) is 21.2. The van der Waals surface area contributed by atoms with Crippen LogP contribution in [0.2, 0.25) is 0 Å². The highest BCUT2D eigenvalue weighted by atomic mass is 32.2. The number of rotatable bonds is 7. The summed E-state index contributed by atoms with van der Waals surface area (Å²) in [5.41, 5.74) is 0.294. The Labute approximate surface area is 183 Å². The van der Waals surface area contributed by atoms with Crippen molar-refractivity contribution >= 4 is 50.6 Å². The molecule has 31 heavy (non-hydrogen) atoms. The number of thiophene rings is 1. The van der Waals surface area contributed by atoms with Gasteiger partial charge < -0.3 is 5.32 Å². The van der Waals surface area contributed by atoms with Gasteiger partial charge in [-0.1, -0.05) is 17.8 Å². The number of halogens is 1. The van der Waals surface area contributed by atoms with Crippen molar-refractivity contribution in [2.75, 3.05) is 11.1 Å². The van der Waals surface area contributed by atoms with Gasteiger partial charge in [0.2, 0.25) is 5.91 Å². The molecule has 0 aliphatic heterocycles. The average molecular weight is 461 g/mol. The highest BCUT2D eigenvalue weighted by Gasteiger charge is 2.23. The van der Waals surface area contributed by atoms with Gasteiger partial charge in [0.1, 0.15) is 16.3 Å². The Morgan fingerprint density at radius 3 is 3.00 bits per heavy atom. The van der Waals surface area contributed by atoms with Crippen LogP contribution in [-0.4, -0.2) is 26.1 Å². The number of aryl methyl sites for hydroxylation is 2. The van der Waals surface area contributed by atoms with Crippen LogP contribution in [0.1, 0.15) is 16.9 Å². The van der Waals surface area contributed by atoms with Gasteiger partial charge in [-0.15, -0.1) is 17.9 Å². The second-order valence-electron chi connectivity index (χ2n) is 6.89. The molecule has 1 N–H and O–H groups in total. The number of anilines is 1. The summed E-state index contributed by atoms with van der Waals surface area (Å²) in [6.45, 7) is 3.94. The summed E-state index contributed by atoms with van der Waals surface area (Å²) in [7, 11) is 0. The van der Waals surface area contributed by atoms with Gasteiger partial charge in [0, 0.05) is 11.4 Å². The molecule has 1 amide bonds. The maximum Gasteiger partial charge on any atom is 0.295 e. The Bertz CT molecular complexity index is 1280. The number of aromatic nitrogens is 2. The van der Waals surface area contributed by atoms with E-state index >= 15 is 0 Å². The molecule has 0 bridgehead atoms. The number of hydrogen-bond donors (Lipinski definition) is 1. The van der Waals surface area contributed by atoms with E-state index in [9.17, 15) is 24.1 Å². The van der Waals surface area contributed by atoms with Crippen LogP contribution in [0.25, 0.3) is 10.2 Å². The van der Waals surface area contributed by atoms with E-state index in [1.54, 1.807) is 6.08 Å². The molecule has 1 aliphatic rings. The molecule has 0 saturated heterocycles. The lowest BCUT2D eigenvalue weighted by molar-refractivity contribution is -0.384. The van der Waals surface area contributed by atoms with Crippen molar-refractivity contribution in [1.82, 2.24) is 9.55 Å². The van der Waals surface area contributed by atoms with E-state index in [0.717, 1.165) is 54.8 Å². The van der Waals surface area contributed by atoms with Gasteiger partial charge in [-0.3, -0.25) is 24.3 Å². The normalized spacial score (nSPS) is 12.7. The van der Waals surface area contributed by atoms with E-state index in [1.807, 2.05) is 0 Å². The number of carbonyl (C=O) groups excluding carboxylic acids is 1. The SMILES string of the molecule is C=CCn1c(SCC(=O)Nc2ccc(F)cc2[N+](=O)[O-])nc2sc3c(c2c1=O)CCC3. The maximum atomic E-state index is 13.3. The molecule has 1 aromatic carbocycles. The van der Waals surface area contributed by atoms with Gasteiger partial charge in [-0.2, -0.15) is 0 Å². The van der Waals surface area contributed by atoms with Gasteiger partial charge in [0.15, 0.2) is 5.16 Å². The highest BCUT2D eigenvalue weighted by Crippen LogP contribution is 2.35. The molecule has 0 radical (unpaired) electrons. The fourth-order valence-corrected chi connectivity index (χ4v) is 5.65. The zero-order valence-electron chi connectivity index (χ0n) is 16.2. The van der Waals surface area contributed by atoms with Crippen molar-refractivity contribution in [3.63, 3.8) is 0 Å². The summed E-state index contributed by atoms with van der Waals surface area (Å²) in [5, 5.41) is 14.5. The van der Waals surface area contributed by atoms with Crippen LogP contribution in [0.3, 0.4) is 0 Å². The molecule has 4 rings (SSSR count). The quantitative estimate of drug-likeness (QED) is 0.188. The van der Waals surface area contributed by atoms with Crippen LogP contribution < -0.4 is 10.9 Å². The predicted molar refractivity (Wildman–Crippen MR) is 119 cm³/mol. The third-order valence-corrected chi connectivity index (χ3v) is 7.03. The topological polar surface area (TPSA) is 107 Å². The minimum atomic E-state index is -0.770. The zero-order chi connectivity index (χ0) is 22.1. The number of nitrogens with one attached hydrogen (secondary N) is 1. The van der Waals surface area contributed by atoms with Crippen LogP contribution in [0.15, 0.2) is 40.8 Å². The molecule has 0 saturated carbocycles.